The number of carboxylic acid groups (broad SMARTS) is 1. The van der Waals surface area contributed by atoms with Gasteiger partial charge in [-0.1, -0.05) is 19.1 Å². The molecule has 1 unspecified atom stereocenters. The van der Waals surface area contributed by atoms with E-state index in [9.17, 15) is 28.3 Å². The third kappa shape index (κ3) is 5.04. The first kappa shape index (κ1) is 24.8. The molecular formula is C25H25F2N3O4. The van der Waals surface area contributed by atoms with Crippen molar-refractivity contribution in [2.24, 2.45) is 0 Å². The zero-order chi connectivity index (χ0) is 25.0. The zero-order valence-electron chi connectivity index (χ0n) is 18.8. The molecule has 9 heteroatoms. The monoisotopic (exact) mass is 469 g/mol. The number of rotatable bonds is 9. The van der Waals surface area contributed by atoms with Gasteiger partial charge in [-0.3, -0.25) is 19.0 Å². The highest BCUT2D eigenvalue weighted by atomic mass is 19.1. The van der Waals surface area contributed by atoms with Crippen LogP contribution in [0.3, 0.4) is 0 Å². The SMILES string of the molecule is CCC(C)(NCCc1ccc(-n2c(N)c(C(=O)c3ccc(F)cc3F)ccc2=O)cc1)C(=O)O. The van der Waals surface area contributed by atoms with E-state index in [0.717, 1.165) is 28.3 Å². The Morgan fingerprint density at radius 1 is 1.06 bits per heavy atom. The second kappa shape index (κ2) is 9.96. The minimum atomic E-state index is -1.03. The number of nitrogens with two attached hydrogens (primary N) is 1. The molecule has 0 aliphatic heterocycles. The Bertz CT molecular complexity index is 1290. The van der Waals surface area contributed by atoms with E-state index in [2.05, 4.69) is 5.32 Å². The van der Waals surface area contributed by atoms with E-state index in [0.29, 0.717) is 31.1 Å². The van der Waals surface area contributed by atoms with Crippen LogP contribution in [0.1, 0.15) is 41.8 Å². The third-order valence-corrected chi connectivity index (χ3v) is 5.85. The van der Waals surface area contributed by atoms with E-state index in [4.69, 9.17) is 5.73 Å². The van der Waals surface area contributed by atoms with Crippen molar-refractivity contribution < 1.29 is 23.5 Å². The van der Waals surface area contributed by atoms with Crippen LogP contribution >= 0.6 is 0 Å². The molecule has 3 rings (SSSR count). The lowest BCUT2D eigenvalue weighted by molar-refractivity contribution is -0.144. The van der Waals surface area contributed by atoms with Gasteiger partial charge in [-0.05, 0) is 55.7 Å². The summed E-state index contributed by atoms with van der Waals surface area (Å²) in [6.45, 7) is 3.85. The van der Waals surface area contributed by atoms with Gasteiger partial charge in [0.25, 0.3) is 5.56 Å². The maximum absolute atomic E-state index is 14.1. The molecule has 0 bridgehead atoms. The minimum Gasteiger partial charge on any atom is -0.480 e. The quantitative estimate of drug-likeness (QED) is 0.414. The third-order valence-electron chi connectivity index (χ3n) is 5.85. The molecule has 0 radical (unpaired) electrons. The standard InChI is InChI=1S/C25H25F2N3O4/c1-3-25(2,24(33)34)29-13-12-15-4-7-17(8-5-15)30-21(31)11-10-19(23(30)28)22(32)18-9-6-16(26)14-20(18)27/h4-11,14,29H,3,12-13,28H2,1-2H3,(H,33,34). The van der Waals surface area contributed by atoms with Gasteiger partial charge in [0.15, 0.2) is 5.78 Å². The Hall–Kier alpha value is -3.85. The van der Waals surface area contributed by atoms with Gasteiger partial charge in [0.1, 0.15) is 23.0 Å². The summed E-state index contributed by atoms with van der Waals surface area (Å²) in [6.07, 6.45) is 0.982. The second-order valence-corrected chi connectivity index (χ2v) is 8.09. The van der Waals surface area contributed by atoms with Crippen LogP contribution in [-0.2, 0) is 11.2 Å². The summed E-state index contributed by atoms with van der Waals surface area (Å²) >= 11 is 0. The molecule has 3 aromatic rings. The Morgan fingerprint density at radius 2 is 1.71 bits per heavy atom. The first-order chi connectivity index (χ1) is 16.1. The van der Waals surface area contributed by atoms with Crippen molar-refractivity contribution in [2.75, 3.05) is 12.3 Å². The van der Waals surface area contributed by atoms with Gasteiger partial charge in [0, 0.05) is 18.7 Å². The highest BCUT2D eigenvalue weighted by Crippen LogP contribution is 2.21. The van der Waals surface area contributed by atoms with Gasteiger partial charge in [0.05, 0.1) is 16.8 Å². The number of aliphatic carboxylic acids is 1. The summed E-state index contributed by atoms with van der Waals surface area (Å²) < 4.78 is 28.4. The van der Waals surface area contributed by atoms with Crippen LogP contribution in [0.25, 0.3) is 5.69 Å². The average molecular weight is 469 g/mol. The first-order valence-electron chi connectivity index (χ1n) is 10.7. The lowest BCUT2D eigenvalue weighted by Gasteiger charge is -2.24. The molecule has 0 saturated heterocycles. The lowest BCUT2D eigenvalue weighted by Crippen LogP contribution is -2.49. The van der Waals surface area contributed by atoms with E-state index in [1.54, 1.807) is 38.1 Å². The van der Waals surface area contributed by atoms with Gasteiger partial charge < -0.3 is 16.2 Å². The van der Waals surface area contributed by atoms with E-state index in [1.165, 1.54) is 6.07 Å². The lowest BCUT2D eigenvalue weighted by atomic mass is 9.99. The molecule has 1 atom stereocenters. The summed E-state index contributed by atoms with van der Waals surface area (Å²) in [6, 6.07) is 11.8. The summed E-state index contributed by atoms with van der Waals surface area (Å²) in [5.74, 6) is -3.71. The second-order valence-electron chi connectivity index (χ2n) is 8.09. The fourth-order valence-electron chi connectivity index (χ4n) is 3.48. The number of benzene rings is 2. The molecule has 0 amide bonds. The Morgan fingerprint density at radius 3 is 2.29 bits per heavy atom. The number of nitrogen functional groups attached to an aromatic ring is 1. The molecule has 4 N–H and O–H groups in total. The number of aromatic nitrogens is 1. The molecule has 2 aromatic carbocycles. The number of halogens is 2. The van der Waals surface area contributed by atoms with E-state index in [1.807, 2.05) is 0 Å². The summed E-state index contributed by atoms with van der Waals surface area (Å²) in [5.41, 5.74) is 5.47. The zero-order valence-corrected chi connectivity index (χ0v) is 18.8. The van der Waals surface area contributed by atoms with Gasteiger partial charge in [-0.2, -0.15) is 0 Å². The molecule has 0 fully saturated rings. The number of hydrogen-bond acceptors (Lipinski definition) is 5. The maximum Gasteiger partial charge on any atom is 0.323 e. The van der Waals surface area contributed by atoms with Crippen LogP contribution < -0.4 is 16.6 Å². The van der Waals surface area contributed by atoms with Crippen molar-refractivity contribution in [3.8, 4) is 5.69 Å². The number of carbonyl (C=O) groups is 2. The number of pyridine rings is 1. The van der Waals surface area contributed by atoms with Crippen LogP contribution in [0, 0.1) is 11.6 Å². The van der Waals surface area contributed by atoms with Crippen molar-refractivity contribution in [3.05, 3.63) is 93.3 Å². The van der Waals surface area contributed by atoms with Crippen LogP contribution in [-0.4, -0.2) is 33.5 Å². The minimum absolute atomic E-state index is 0.0918. The number of hydrogen-bond donors (Lipinski definition) is 3. The topological polar surface area (TPSA) is 114 Å². The molecule has 34 heavy (non-hydrogen) atoms. The predicted molar refractivity (Wildman–Crippen MR) is 124 cm³/mol. The summed E-state index contributed by atoms with van der Waals surface area (Å²) in [4.78, 5) is 36.7. The maximum atomic E-state index is 14.1. The predicted octanol–water partition coefficient (Wildman–Crippen LogP) is 3.31. The molecule has 0 spiro atoms. The Labute approximate surface area is 194 Å². The molecule has 0 aliphatic carbocycles. The highest BCUT2D eigenvalue weighted by molar-refractivity contribution is 6.11. The van der Waals surface area contributed by atoms with E-state index >= 15 is 0 Å². The van der Waals surface area contributed by atoms with Crippen molar-refractivity contribution in [1.29, 1.82) is 0 Å². The number of ketones is 1. The Kier molecular flexibility index (Phi) is 7.26. The number of nitrogens with zero attached hydrogens (tertiary/aromatic N) is 1. The van der Waals surface area contributed by atoms with Gasteiger partial charge in [0.2, 0.25) is 0 Å². The van der Waals surface area contributed by atoms with Crippen molar-refractivity contribution in [3.63, 3.8) is 0 Å². The largest absolute Gasteiger partial charge is 0.480 e. The molecule has 1 aromatic heterocycles. The molecule has 178 valence electrons. The van der Waals surface area contributed by atoms with Crippen LogP contribution in [0.4, 0.5) is 14.6 Å². The van der Waals surface area contributed by atoms with Crippen LogP contribution in [0.2, 0.25) is 0 Å². The van der Waals surface area contributed by atoms with Crippen molar-refractivity contribution in [2.45, 2.75) is 32.2 Å². The van der Waals surface area contributed by atoms with E-state index < -0.39 is 34.5 Å². The fraction of sp³-hybridized carbons (Fsp3) is 0.240. The van der Waals surface area contributed by atoms with Gasteiger partial charge in [-0.15, -0.1) is 0 Å². The highest BCUT2D eigenvalue weighted by Gasteiger charge is 2.29. The van der Waals surface area contributed by atoms with Gasteiger partial charge >= 0.3 is 5.97 Å². The van der Waals surface area contributed by atoms with E-state index in [-0.39, 0.29) is 16.9 Å². The average Bonchev–Trinajstić information content (AvgIpc) is 2.79. The smallest absolute Gasteiger partial charge is 0.323 e. The first-order valence-corrected chi connectivity index (χ1v) is 10.7. The van der Waals surface area contributed by atoms with Crippen molar-refractivity contribution >= 4 is 17.6 Å². The van der Waals surface area contributed by atoms with Gasteiger partial charge in [-0.25, -0.2) is 8.78 Å². The number of anilines is 1. The van der Waals surface area contributed by atoms with Crippen molar-refractivity contribution in [1.82, 2.24) is 9.88 Å². The molecule has 0 saturated carbocycles. The number of carbonyl (C=O) groups excluding carboxylic acids is 1. The fourth-order valence-corrected chi connectivity index (χ4v) is 3.48. The number of nitrogens with one attached hydrogen (secondary N) is 1. The molecule has 1 heterocycles. The Balaban J connectivity index is 1.84. The molecule has 7 nitrogen and oxygen atoms in total. The molecule has 0 aliphatic rings. The van der Waals surface area contributed by atoms with Crippen LogP contribution in [0.15, 0.2) is 59.4 Å². The normalized spacial score (nSPS) is 12.8. The number of carboxylic acids is 1. The summed E-state index contributed by atoms with van der Waals surface area (Å²) in [5, 5.41) is 12.4. The van der Waals surface area contributed by atoms with Crippen LogP contribution in [0.5, 0.6) is 0 Å². The summed E-state index contributed by atoms with van der Waals surface area (Å²) in [7, 11) is 0. The molecular weight excluding hydrogens is 444 g/mol.